The lowest BCUT2D eigenvalue weighted by Gasteiger charge is -2.22. The Morgan fingerprint density at radius 3 is 3.15 bits per heavy atom. The number of nitrogens with zero attached hydrogens (tertiary/aromatic N) is 3. The largest absolute Gasteiger partial charge is 0.493 e. The highest BCUT2D eigenvalue weighted by molar-refractivity contribution is 5.56. The van der Waals surface area contributed by atoms with Gasteiger partial charge in [-0.25, -0.2) is 4.98 Å². The van der Waals surface area contributed by atoms with E-state index in [-0.39, 0.29) is 0 Å². The first-order chi connectivity index (χ1) is 9.81. The monoisotopic (exact) mass is 273 g/mol. The number of aryl methyl sites for hydroxylation is 1. The average molecular weight is 273 g/mol. The minimum Gasteiger partial charge on any atom is -0.493 e. The lowest BCUT2D eigenvalue weighted by atomic mass is 10.0. The number of rotatable bonds is 4. The highest BCUT2D eigenvalue weighted by Crippen LogP contribution is 2.22. The van der Waals surface area contributed by atoms with Crippen LogP contribution < -0.4 is 4.74 Å². The molecule has 0 spiro atoms. The third-order valence-electron chi connectivity index (χ3n) is 3.43. The molecule has 2 aromatic rings. The SMILES string of the molecule is Cn1cnc(-c2cccc(OCC3CCCOC3)c2)n1. The van der Waals surface area contributed by atoms with Crippen molar-refractivity contribution < 1.29 is 9.47 Å². The van der Waals surface area contributed by atoms with E-state index < -0.39 is 0 Å². The number of aromatic nitrogens is 3. The standard InChI is InChI=1S/C15H19N3O2/c1-18-11-16-15(17-18)13-5-2-6-14(8-13)20-10-12-4-3-7-19-9-12/h2,5-6,8,11-12H,3-4,7,9-10H2,1H3. The van der Waals surface area contributed by atoms with Gasteiger partial charge in [-0.15, -0.1) is 0 Å². The highest BCUT2D eigenvalue weighted by atomic mass is 16.5. The molecular weight excluding hydrogens is 254 g/mol. The van der Waals surface area contributed by atoms with Gasteiger partial charge in [-0.3, -0.25) is 4.68 Å². The molecule has 1 saturated heterocycles. The third kappa shape index (κ3) is 3.17. The maximum Gasteiger partial charge on any atom is 0.181 e. The van der Waals surface area contributed by atoms with Crippen LogP contribution in [0.1, 0.15) is 12.8 Å². The maximum absolute atomic E-state index is 5.87. The molecule has 0 saturated carbocycles. The number of benzene rings is 1. The first kappa shape index (κ1) is 13.1. The van der Waals surface area contributed by atoms with Crippen molar-refractivity contribution >= 4 is 0 Å². The molecule has 1 aliphatic rings. The van der Waals surface area contributed by atoms with Crippen molar-refractivity contribution in [3.05, 3.63) is 30.6 Å². The van der Waals surface area contributed by atoms with Crippen molar-refractivity contribution in [1.82, 2.24) is 14.8 Å². The lowest BCUT2D eigenvalue weighted by Crippen LogP contribution is -2.23. The predicted molar refractivity (Wildman–Crippen MR) is 75.5 cm³/mol. The summed E-state index contributed by atoms with van der Waals surface area (Å²) >= 11 is 0. The molecule has 0 amide bonds. The molecule has 1 aliphatic heterocycles. The van der Waals surface area contributed by atoms with E-state index in [0.29, 0.717) is 12.5 Å². The summed E-state index contributed by atoms with van der Waals surface area (Å²) in [6.07, 6.45) is 4.01. The molecule has 1 aromatic carbocycles. The lowest BCUT2D eigenvalue weighted by molar-refractivity contribution is 0.0352. The van der Waals surface area contributed by atoms with Gasteiger partial charge in [-0.1, -0.05) is 12.1 Å². The molecule has 2 heterocycles. The molecule has 0 N–H and O–H groups in total. The fraction of sp³-hybridized carbons (Fsp3) is 0.467. The number of hydrogen-bond donors (Lipinski definition) is 0. The topological polar surface area (TPSA) is 49.2 Å². The van der Waals surface area contributed by atoms with Crippen molar-refractivity contribution in [3.63, 3.8) is 0 Å². The van der Waals surface area contributed by atoms with Crippen LogP contribution in [0.3, 0.4) is 0 Å². The van der Waals surface area contributed by atoms with Crippen LogP contribution in [0.15, 0.2) is 30.6 Å². The second-order valence-electron chi connectivity index (χ2n) is 5.16. The van der Waals surface area contributed by atoms with Gasteiger partial charge in [-0.2, -0.15) is 5.10 Å². The van der Waals surface area contributed by atoms with Gasteiger partial charge in [0, 0.05) is 25.1 Å². The van der Waals surface area contributed by atoms with Crippen molar-refractivity contribution in [2.24, 2.45) is 13.0 Å². The van der Waals surface area contributed by atoms with E-state index in [0.717, 1.165) is 36.8 Å². The molecule has 1 aromatic heterocycles. The number of hydrogen-bond acceptors (Lipinski definition) is 4. The zero-order valence-electron chi connectivity index (χ0n) is 11.7. The Labute approximate surface area is 118 Å². The Balaban J connectivity index is 1.65. The first-order valence-electron chi connectivity index (χ1n) is 6.98. The van der Waals surface area contributed by atoms with Crippen LogP contribution in [0.5, 0.6) is 5.75 Å². The van der Waals surface area contributed by atoms with Crippen LogP contribution >= 0.6 is 0 Å². The van der Waals surface area contributed by atoms with E-state index in [4.69, 9.17) is 9.47 Å². The summed E-state index contributed by atoms with van der Waals surface area (Å²) in [6.45, 7) is 2.40. The Hall–Kier alpha value is -1.88. The van der Waals surface area contributed by atoms with Crippen LogP contribution in [0.4, 0.5) is 0 Å². The molecule has 0 bridgehead atoms. The van der Waals surface area contributed by atoms with E-state index in [2.05, 4.69) is 10.1 Å². The van der Waals surface area contributed by atoms with Crippen LogP contribution in [0, 0.1) is 5.92 Å². The second kappa shape index (κ2) is 6.05. The third-order valence-corrected chi connectivity index (χ3v) is 3.43. The van der Waals surface area contributed by atoms with Gasteiger partial charge in [-0.05, 0) is 25.0 Å². The summed E-state index contributed by atoms with van der Waals surface area (Å²) in [7, 11) is 1.86. The van der Waals surface area contributed by atoms with Gasteiger partial charge in [0.1, 0.15) is 12.1 Å². The Morgan fingerprint density at radius 1 is 1.45 bits per heavy atom. The molecule has 0 aliphatic carbocycles. The molecule has 106 valence electrons. The Bertz CT molecular complexity index is 562. The summed E-state index contributed by atoms with van der Waals surface area (Å²) in [5.41, 5.74) is 0.975. The van der Waals surface area contributed by atoms with Gasteiger partial charge in [0.15, 0.2) is 5.82 Å². The summed E-state index contributed by atoms with van der Waals surface area (Å²) in [5.74, 6) is 2.08. The molecule has 1 fully saturated rings. The minimum absolute atomic E-state index is 0.500. The normalized spacial score (nSPS) is 18.9. The zero-order chi connectivity index (χ0) is 13.8. The molecule has 1 atom stereocenters. The van der Waals surface area contributed by atoms with Gasteiger partial charge in [0.05, 0.1) is 13.2 Å². The fourth-order valence-electron chi connectivity index (χ4n) is 2.35. The molecule has 3 rings (SSSR count). The maximum atomic E-state index is 5.87. The predicted octanol–water partition coefficient (Wildman–Crippen LogP) is 2.29. The quantitative estimate of drug-likeness (QED) is 0.857. The Morgan fingerprint density at radius 2 is 2.40 bits per heavy atom. The fourth-order valence-corrected chi connectivity index (χ4v) is 2.35. The summed E-state index contributed by atoms with van der Waals surface area (Å²) < 4.78 is 13.0. The molecule has 1 unspecified atom stereocenters. The smallest absolute Gasteiger partial charge is 0.181 e. The molecule has 5 nitrogen and oxygen atoms in total. The van der Waals surface area contributed by atoms with E-state index in [1.54, 1.807) is 11.0 Å². The van der Waals surface area contributed by atoms with Crippen molar-refractivity contribution in [3.8, 4) is 17.1 Å². The van der Waals surface area contributed by atoms with Crippen LogP contribution in [-0.4, -0.2) is 34.6 Å². The van der Waals surface area contributed by atoms with Gasteiger partial charge >= 0.3 is 0 Å². The van der Waals surface area contributed by atoms with Gasteiger partial charge in [0.25, 0.3) is 0 Å². The van der Waals surface area contributed by atoms with Crippen LogP contribution in [-0.2, 0) is 11.8 Å². The van der Waals surface area contributed by atoms with Gasteiger partial charge < -0.3 is 9.47 Å². The van der Waals surface area contributed by atoms with Crippen molar-refractivity contribution in [2.75, 3.05) is 19.8 Å². The Kier molecular flexibility index (Phi) is 3.97. The molecule has 20 heavy (non-hydrogen) atoms. The molecule has 0 radical (unpaired) electrons. The summed E-state index contributed by atoms with van der Waals surface area (Å²) in [5, 5.41) is 4.30. The zero-order valence-corrected chi connectivity index (χ0v) is 11.7. The van der Waals surface area contributed by atoms with Crippen molar-refractivity contribution in [1.29, 1.82) is 0 Å². The average Bonchev–Trinajstić information content (AvgIpc) is 2.93. The van der Waals surface area contributed by atoms with Crippen molar-refractivity contribution in [2.45, 2.75) is 12.8 Å². The number of ether oxygens (including phenoxy) is 2. The summed E-state index contributed by atoms with van der Waals surface area (Å²) in [4.78, 5) is 4.25. The van der Waals surface area contributed by atoms with E-state index in [1.165, 1.54) is 6.42 Å². The highest BCUT2D eigenvalue weighted by Gasteiger charge is 2.14. The minimum atomic E-state index is 0.500. The summed E-state index contributed by atoms with van der Waals surface area (Å²) in [6, 6.07) is 7.92. The van der Waals surface area contributed by atoms with E-state index in [9.17, 15) is 0 Å². The van der Waals surface area contributed by atoms with E-state index >= 15 is 0 Å². The molecule has 5 heteroatoms. The molecular formula is C15H19N3O2. The first-order valence-corrected chi connectivity index (χ1v) is 6.98. The van der Waals surface area contributed by atoms with Gasteiger partial charge in [0.2, 0.25) is 0 Å². The van der Waals surface area contributed by atoms with E-state index in [1.807, 2.05) is 31.3 Å². The van der Waals surface area contributed by atoms with Crippen LogP contribution in [0.2, 0.25) is 0 Å². The van der Waals surface area contributed by atoms with Crippen LogP contribution in [0.25, 0.3) is 11.4 Å². The second-order valence-corrected chi connectivity index (χ2v) is 5.16.